The van der Waals surface area contributed by atoms with Crippen LogP contribution in [0.25, 0.3) is 0 Å². The molecule has 130 valence electrons. The Morgan fingerprint density at radius 2 is 1.92 bits per heavy atom. The van der Waals surface area contributed by atoms with Gasteiger partial charge in [-0.05, 0) is 49.6 Å². The van der Waals surface area contributed by atoms with Gasteiger partial charge < -0.3 is 9.88 Å². The van der Waals surface area contributed by atoms with Crippen LogP contribution in [0.15, 0.2) is 30.3 Å². The smallest absolute Gasteiger partial charge is 0.351 e. The highest BCUT2D eigenvalue weighted by Crippen LogP contribution is 2.30. The lowest BCUT2D eigenvalue weighted by atomic mass is 10.1. The van der Waals surface area contributed by atoms with Crippen molar-refractivity contribution in [1.82, 2.24) is 9.88 Å². The normalized spacial score (nSPS) is 11.6. The van der Waals surface area contributed by atoms with Crippen LogP contribution in [0.3, 0.4) is 0 Å². The van der Waals surface area contributed by atoms with Crippen molar-refractivity contribution in [2.24, 2.45) is 0 Å². The molecule has 0 bridgehead atoms. The number of benzene rings is 1. The topological polar surface area (TPSA) is 34.0 Å². The number of hydrogen-bond donors (Lipinski definition) is 1. The largest absolute Gasteiger partial charge is 0.416 e. The Morgan fingerprint density at radius 3 is 2.54 bits per heavy atom. The zero-order valence-corrected chi connectivity index (χ0v) is 14.0. The SMILES string of the molecule is CCCNC(=O)c1c(C)cc(C)n1Cc1cccc(C(F)(F)F)c1. The molecule has 0 aliphatic heterocycles. The molecular formula is C18H21F3N2O. The number of halogens is 3. The second kappa shape index (κ2) is 7.11. The summed E-state index contributed by atoms with van der Waals surface area (Å²) in [5.74, 6) is -0.200. The van der Waals surface area contributed by atoms with Crippen LogP contribution in [0, 0.1) is 13.8 Å². The third-order valence-electron chi connectivity index (χ3n) is 3.84. The molecule has 0 fully saturated rings. The van der Waals surface area contributed by atoms with Crippen molar-refractivity contribution in [3.05, 3.63) is 58.4 Å². The molecule has 1 amide bonds. The van der Waals surface area contributed by atoms with Gasteiger partial charge in [0.1, 0.15) is 5.69 Å². The van der Waals surface area contributed by atoms with Crippen LogP contribution in [0.5, 0.6) is 0 Å². The van der Waals surface area contributed by atoms with Gasteiger partial charge in [0.2, 0.25) is 0 Å². The molecule has 1 aromatic heterocycles. The predicted octanol–water partition coefficient (Wildman–Crippen LogP) is 4.31. The Balaban J connectivity index is 2.35. The standard InChI is InChI=1S/C18H21F3N2O/c1-4-8-22-17(24)16-12(2)9-13(3)23(16)11-14-6-5-7-15(10-14)18(19,20)21/h5-7,9-10H,4,8,11H2,1-3H3,(H,22,24). The van der Waals surface area contributed by atoms with E-state index in [2.05, 4.69) is 5.32 Å². The van der Waals surface area contributed by atoms with E-state index in [-0.39, 0.29) is 12.5 Å². The van der Waals surface area contributed by atoms with Gasteiger partial charge in [0.05, 0.1) is 5.56 Å². The molecule has 1 aromatic carbocycles. The molecule has 6 heteroatoms. The highest BCUT2D eigenvalue weighted by molar-refractivity contribution is 5.94. The first-order valence-corrected chi connectivity index (χ1v) is 7.85. The van der Waals surface area contributed by atoms with E-state index in [0.717, 1.165) is 29.8 Å². The Kier molecular flexibility index (Phi) is 5.36. The molecule has 2 rings (SSSR count). The molecule has 24 heavy (non-hydrogen) atoms. The van der Waals surface area contributed by atoms with Gasteiger partial charge in [-0.1, -0.05) is 19.1 Å². The summed E-state index contributed by atoms with van der Waals surface area (Å²) in [4.78, 5) is 12.4. The summed E-state index contributed by atoms with van der Waals surface area (Å²) in [6, 6.07) is 7.07. The van der Waals surface area contributed by atoms with Crippen molar-refractivity contribution in [3.63, 3.8) is 0 Å². The second-order valence-electron chi connectivity index (χ2n) is 5.86. The molecule has 0 aliphatic rings. The van der Waals surface area contributed by atoms with Crippen LogP contribution < -0.4 is 5.32 Å². The average molecular weight is 338 g/mol. The van der Waals surface area contributed by atoms with Crippen LogP contribution in [-0.2, 0) is 12.7 Å². The zero-order valence-electron chi connectivity index (χ0n) is 14.0. The maximum Gasteiger partial charge on any atom is 0.416 e. The molecule has 0 atom stereocenters. The zero-order chi connectivity index (χ0) is 17.9. The first-order chi connectivity index (χ1) is 11.2. The summed E-state index contributed by atoms with van der Waals surface area (Å²) in [5.41, 5.74) is 1.98. The van der Waals surface area contributed by atoms with E-state index < -0.39 is 11.7 Å². The number of aromatic nitrogens is 1. The minimum Gasteiger partial charge on any atom is -0.351 e. The number of hydrogen-bond acceptors (Lipinski definition) is 1. The van der Waals surface area contributed by atoms with Crippen molar-refractivity contribution >= 4 is 5.91 Å². The van der Waals surface area contributed by atoms with Gasteiger partial charge in [-0.25, -0.2) is 0 Å². The van der Waals surface area contributed by atoms with Crippen molar-refractivity contribution in [2.75, 3.05) is 6.54 Å². The molecule has 0 radical (unpaired) electrons. The quantitative estimate of drug-likeness (QED) is 0.866. The van der Waals surface area contributed by atoms with E-state index in [9.17, 15) is 18.0 Å². The van der Waals surface area contributed by atoms with E-state index in [4.69, 9.17) is 0 Å². The monoisotopic (exact) mass is 338 g/mol. The van der Waals surface area contributed by atoms with E-state index in [0.29, 0.717) is 17.8 Å². The minimum absolute atomic E-state index is 0.200. The lowest BCUT2D eigenvalue weighted by Crippen LogP contribution is -2.27. The maximum absolute atomic E-state index is 12.9. The molecule has 0 saturated heterocycles. The molecule has 1 N–H and O–H groups in total. The minimum atomic E-state index is -4.38. The summed E-state index contributed by atoms with van der Waals surface area (Å²) < 4.78 is 40.4. The molecule has 0 unspecified atom stereocenters. The molecular weight excluding hydrogens is 317 g/mol. The summed E-state index contributed by atoms with van der Waals surface area (Å²) in [6.07, 6.45) is -3.56. The molecule has 2 aromatic rings. The summed E-state index contributed by atoms with van der Waals surface area (Å²) >= 11 is 0. The van der Waals surface area contributed by atoms with Crippen molar-refractivity contribution in [1.29, 1.82) is 0 Å². The highest BCUT2D eigenvalue weighted by atomic mass is 19.4. The Labute approximate surface area is 139 Å². The summed E-state index contributed by atoms with van der Waals surface area (Å²) in [6.45, 7) is 6.41. The Hall–Kier alpha value is -2.24. The molecule has 1 heterocycles. The maximum atomic E-state index is 12.9. The number of alkyl halides is 3. The van der Waals surface area contributed by atoms with Crippen LogP contribution in [-0.4, -0.2) is 17.0 Å². The Morgan fingerprint density at radius 1 is 1.21 bits per heavy atom. The fraction of sp³-hybridized carbons (Fsp3) is 0.389. The third-order valence-corrected chi connectivity index (χ3v) is 3.84. The van der Waals surface area contributed by atoms with Crippen LogP contribution in [0.4, 0.5) is 13.2 Å². The van der Waals surface area contributed by atoms with Gasteiger partial charge >= 0.3 is 6.18 Å². The average Bonchev–Trinajstić information content (AvgIpc) is 2.78. The predicted molar refractivity (Wildman–Crippen MR) is 87.1 cm³/mol. The van der Waals surface area contributed by atoms with Crippen LogP contribution in [0.2, 0.25) is 0 Å². The van der Waals surface area contributed by atoms with Gasteiger partial charge in [-0.2, -0.15) is 13.2 Å². The molecule has 0 spiro atoms. The van der Waals surface area contributed by atoms with Crippen molar-refractivity contribution in [2.45, 2.75) is 39.9 Å². The number of nitrogens with one attached hydrogen (secondary N) is 1. The number of amides is 1. The van der Waals surface area contributed by atoms with Gasteiger partial charge in [0, 0.05) is 18.8 Å². The molecule has 3 nitrogen and oxygen atoms in total. The van der Waals surface area contributed by atoms with Crippen molar-refractivity contribution in [3.8, 4) is 0 Å². The number of carbonyl (C=O) groups is 1. The number of nitrogens with zero attached hydrogens (tertiary/aromatic N) is 1. The number of aryl methyl sites for hydroxylation is 2. The Bertz CT molecular complexity index is 732. The fourth-order valence-corrected chi connectivity index (χ4v) is 2.71. The van der Waals surface area contributed by atoms with Gasteiger partial charge in [-0.15, -0.1) is 0 Å². The van der Waals surface area contributed by atoms with Gasteiger partial charge in [0.15, 0.2) is 0 Å². The lowest BCUT2D eigenvalue weighted by Gasteiger charge is -2.14. The summed E-state index contributed by atoms with van der Waals surface area (Å²) in [5, 5.41) is 2.82. The second-order valence-corrected chi connectivity index (χ2v) is 5.86. The van der Waals surface area contributed by atoms with E-state index in [1.54, 1.807) is 10.6 Å². The fourth-order valence-electron chi connectivity index (χ4n) is 2.71. The van der Waals surface area contributed by atoms with Crippen molar-refractivity contribution < 1.29 is 18.0 Å². The van der Waals surface area contributed by atoms with Crippen LogP contribution >= 0.6 is 0 Å². The van der Waals surface area contributed by atoms with Gasteiger partial charge in [-0.3, -0.25) is 4.79 Å². The number of carbonyl (C=O) groups excluding carboxylic acids is 1. The third kappa shape index (κ3) is 3.99. The lowest BCUT2D eigenvalue weighted by molar-refractivity contribution is -0.137. The van der Waals surface area contributed by atoms with E-state index >= 15 is 0 Å². The first-order valence-electron chi connectivity index (χ1n) is 7.85. The highest BCUT2D eigenvalue weighted by Gasteiger charge is 2.30. The van der Waals surface area contributed by atoms with Gasteiger partial charge in [0.25, 0.3) is 5.91 Å². The molecule has 0 saturated carbocycles. The summed E-state index contributed by atoms with van der Waals surface area (Å²) in [7, 11) is 0. The first kappa shape index (κ1) is 18.1. The number of rotatable bonds is 5. The molecule has 0 aliphatic carbocycles. The van der Waals surface area contributed by atoms with E-state index in [1.807, 2.05) is 26.8 Å². The van der Waals surface area contributed by atoms with Crippen LogP contribution in [0.1, 0.15) is 46.2 Å². The van der Waals surface area contributed by atoms with E-state index in [1.165, 1.54) is 6.07 Å².